The summed E-state index contributed by atoms with van der Waals surface area (Å²) < 4.78 is 38.1. The highest BCUT2D eigenvalue weighted by Crippen LogP contribution is 2.33. The Balaban J connectivity index is 1.80. The van der Waals surface area contributed by atoms with Gasteiger partial charge in [0.2, 0.25) is 11.6 Å². The molecular weight excluding hydrogens is 451 g/mol. The molecule has 2 aromatic carbocycles. The maximum atomic E-state index is 12.7. The van der Waals surface area contributed by atoms with Crippen molar-refractivity contribution in [1.29, 1.82) is 0 Å². The molecule has 3 aromatic rings. The number of carbonyl (C=O) groups is 1. The van der Waals surface area contributed by atoms with Crippen LogP contribution in [-0.2, 0) is 6.18 Å². The van der Waals surface area contributed by atoms with Crippen molar-refractivity contribution in [3.63, 3.8) is 0 Å². The van der Waals surface area contributed by atoms with Crippen molar-refractivity contribution in [3.8, 4) is 0 Å². The van der Waals surface area contributed by atoms with Gasteiger partial charge in [0.1, 0.15) is 6.33 Å². The number of carbonyl (C=O) groups excluding carboxylic acids is 1. The Hall–Kier alpha value is -4.82. The van der Waals surface area contributed by atoms with Crippen LogP contribution < -0.4 is 16.2 Å². The predicted octanol–water partition coefficient (Wildman–Crippen LogP) is 3.81. The Morgan fingerprint density at radius 2 is 1.61 bits per heavy atom. The number of alkyl halides is 3. The molecule has 0 aliphatic carbocycles. The number of hydrogen-bond donors (Lipinski definition) is 3. The van der Waals surface area contributed by atoms with Gasteiger partial charge in [0, 0.05) is 23.4 Å². The molecule has 0 aliphatic heterocycles. The molecular formula is C18H12F3N7O5. The third-order valence-corrected chi connectivity index (χ3v) is 4.09. The first-order valence-electron chi connectivity index (χ1n) is 8.80. The summed E-state index contributed by atoms with van der Waals surface area (Å²) in [5, 5.41) is 24.9. The van der Waals surface area contributed by atoms with E-state index in [1.54, 1.807) is 0 Å². The summed E-state index contributed by atoms with van der Waals surface area (Å²) in [5.74, 6) is -1.64. The number of nitro groups is 2. The second kappa shape index (κ2) is 9.13. The Kier molecular flexibility index (Phi) is 6.32. The molecule has 0 bridgehead atoms. The molecule has 0 spiro atoms. The first kappa shape index (κ1) is 22.9. The molecule has 1 amide bonds. The van der Waals surface area contributed by atoms with Crippen LogP contribution in [0.4, 0.5) is 41.9 Å². The van der Waals surface area contributed by atoms with Crippen molar-refractivity contribution in [2.75, 3.05) is 10.7 Å². The summed E-state index contributed by atoms with van der Waals surface area (Å²) in [6.45, 7) is 0. The average molecular weight is 463 g/mol. The lowest BCUT2D eigenvalue weighted by Gasteiger charge is -2.12. The average Bonchev–Trinajstić information content (AvgIpc) is 2.77. The van der Waals surface area contributed by atoms with E-state index < -0.39 is 39.0 Å². The van der Waals surface area contributed by atoms with Crippen molar-refractivity contribution in [1.82, 2.24) is 15.4 Å². The molecule has 0 aliphatic rings. The van der Waals surface area contributed by atoms with Gasteiger partial charge < -0.3 is 5.32 Å². The maximum Gasteiger partial charge on any atom is 0.416 e. The molecule has 170 valence electrons. The fraction of sp³-hybridized carbons (Fsp3) is 0.0556. The number of nitrogens with one attached hydrogen (secondary N) is 3. The number of anilines is 3. The van der Waals surface area contributed by atoms with E-state index in [2.05, 4.69) is 26.1 Å². The van der Waals surface area contributed by atoms with Crippen LogP contribution in [0.15, 0.2) is 54.9 Å². The van der Waals surface area contributed by atoms with E-state index in [1.807, 2.05) is 0 Å². The highest BCUT2D eigenvalue weighted by molar-refractivity contribution is 5.95. The summed E-state index contributed by atoms with van der Waals surface area (Å²) in [5.41, 5.74) is 2.41. The van der Waals surface area contributed by atoms with Gasteiger partial charge in [-0.25, -0.2) is 9.97 Å². The van der Waals surface area contributed by atoms with E-state index in [-0.39, 0.29) is 22.8 Å². The molecule has 12 nitrogen and oxygen atoms in total. The van der Waals surface area contributed by atoms with Crippen LogP contribution in [0.3, 0.4) is 0 Å². The van der Waals surface area contributed by atoms with Crippen molar-refractivity contribution >= 4 is 34.6 Å². The van der Waals surface area contributed by atoms with Crippen LogP contribution in [0, 0.1) is 20.2 Å². The monoisotopic (exact) mass is 463 g/mol. The Morgan fingerprint density at radius 1 is 0.939 bits per heavy atom. The van der Waals surface area contributed by atoms with Gasteiger partial charge in [-0.1, -0.05) is 6.07 Å². The quantitative estimate of drug-likeness (QED) is 0.349. The van der Waals surface area contributed by atoms with Gasteiger partial charge in [0.15, 0.2) is 0 Å². The molecule has 15 heteroatoms. The third kappa shape index (κ3) is 5.46. The standard InChI is InChI=1S/C18H12F3N7O5/c19-18(20,21)11-4-6-12(7-5-11)24-15-14(28(32)33)16(23-9-22-15)25-26-17(29)10-2-1-3-13(8-10)27(30)31/h1-9H,(H,26,29)(H2,22,23,24,25). The number of nitro benzene ring substituents is 1. The lowest BCUT2D eigenvalue weighted by molar-refractivity contribution is -0.384. The number of amides is 1. The SMILES string of the molecule is O=C(NNc1ncnc(Nc2ccc(C(F)(F)F)cc2)c1[N+](=O)[O-])c1cccc([N+](=O)[O-])c1. The van der Waals surface area contributed by atoms with E-state index in [0.29, 0.717) is 0 Å². The highest BCUT2D eigenvalue weighted by Gasteiger charge is 2.30. The second-order valence-electron chi connectivity index (χ2n) is 6.26. The number of benzene rings is 2. The van der Waals surface area contributed by atoms with Gasteiger partial charge in [-0.15, -0.1) is 0 Å². The lowest BCUT2D eigenvalue weighted by Crippen LogP contribution is -2.30. The third-order valence-electron chi connectivity index (χ3n) is 4.09. The maximum absolute atomic E-state index is 12.7. The number of hydrogen-bond acceptors (Lipinski definition) is 9. The molecule has 1 heterocycles. The number of nitrogens with zero attached hydrogens (tertiary/aromatic N) is 4. The van der Waals surface area contributed by atoms with Crippen LogP contribution in [0.5, 0.6) is 0 Å². The smallest absolute Gasteiger partial charge is 0.334 e. The zero-order valence-corrected chi connectivity index (χ0v) is 16.2. The minimum absolute atomic E-state index is 0.0800. The minimum Gasteiger partial charge on any atom is -0.334 e. The van der Waals surface area contributed by atoms with Gasteiger partial charge in [-0.05, 0) is 30.3 Å². The normalized spacial score (nSPS) is 10.9. The Morgan fingerprint density at radius 3 is 2.21 bits per heavy atom. The zero-order chi connectivity index (χ0) is 24.2. The van der Waals surface area contributed by atoms with Crippen LogP contribution in [0.2, 0.25) is 0 Å². The highest BCUT2D eigenvalue weighted by atomic mass is 19.4. The summed E-state index contributed by atoms with van der Waals surface area (Å²) >= 11 is 0. The van der Waals surface area contributed by atoms with Crippen LogP contribution >= 0.6 is 0 Å². The summed E-state index contributed by atoms with van der Waals surface area (Å²) in [6, 6.07) is 8.45. The minimum atomic E-state index is -4.55. The van der Waals surface area contributed by atoms with Gasteiger partial charge in [-0.3, -0.25) is 35.9 Å². The first-order chi connectivity index (χ1) is 15.6. The van der Waals surface area contributed by atoms with E-state index in [1.165, 1.54) is 18.2 Å². The fourth-order valence-corrected chi connectivity index (χ4v) is 2.56. The van der Waals surface area contributed by atoms with E-state index in [9.17, 15) is 38.2 Å². The molecule has 0 atom stereocenters. The fourth-order valence-electron chi connectivity index (χ4n) is 2.56. The van der Waals surface area contributed by atoms with Crippen molar-refractivity contribution in [2.24, 2.45) is 0 Å². The molecule has 0 unspecified atom stereocenters. The van der Waals surface area contributed by atoms with Gasteiger partial charge in [0.25, 0.3) is 11.6 Å². The number of non-ortho nitro benzene ring substituents is 1. The van der Waals surface area contributed by atoms with Crippen molar-refractivity contribution < 1.29 is 27.8 Å². The van der Waals surface area contributed by atoms with Gasteiger partial charge >= 0.3 is 11.9 Å². The van der Waals surface area contributed by atoms with Crippen molar-refractivity contribution in [3.05, 3.63) is 86.2 Å². The number of halogens is 3. The molecule has 33 heavy (non-hydrogen) atoms. The van der Waals surface area contributed by atoms with Crippen molar-refractivity contribution in [2.45, 2.75) is 6.18 Å². The zero-order valence-electron chi connectivity index (χ0n) is 16.2. The van der Waals surface area contributed by atoms with E-state index in [0.717, 1.165) is 36.7 Å². The topological polar surface area (TPSA) is 165 Å². The molecule has 0 fully saturated rings. The van der Waals surface area contributed by atoms with Crippen LogP contribution in [-0.4, -0.2) is 25.7 Å². The molecule has 3 N–H and O–H groups in total. The number of rotatable bonds is 7. The number of hydrazine groups is 1. The van der Waals surface area contributed by atoms with Crippen LogP contribution in [0.25, 0.3) is 0 Å². The Bertz CT molecular complexity index is 1220. The van der Waals surface area contributed by atoms with Crippen LogP contribution in [0.1, 0.15) is 15.9 Å². The summed E-state index contributed by atoms with van der Waals surface area (Å²) in [7, 11) is 0. The van der Waals surface area contributed by atoms with E-state index in [4.69, 9.17) is 0 Å². The largest absolute Gasteiger partial charge is 0.416 e. The first-order valence-corrected chi connectivity index (χ1v) is 8.80. The number of aromatic nitrogens is 2. The molecule has 0 saturated heterocycles. The molecule has 3 rings (SSSR count). The second-order valence-corrected chi connectivity index (χ2v) is 6.26. The summed E-state index contributed by atoms with van der Waals surface area (Å²) in [6.07, 6.45) is -3.63. The van der Waals surface area contributed by atoms with Gasteiger partial charge in [0.05, 0.1) is 15.4 Å². The Labute approximate surface area is 181 Å². The lowest BCUT2D eigenvalue weighted by atomic mass is 10.2. The predicted molar refractivity (Wildman–Crippen MR) is 108 cm³/mol. The molecule has 0 radical (unpaired) electrons. The molecule has 1 aromatic heterocycles. The van der Waals surface area contributed by atoms with E-state index >= 15 is 0 Å². The van der Waals surface area contributed by atoms with Gasteiger partial charge in [-0.2, -0.15) is 13.2 Å². The molecule has 0 saturated carbocycles. The summed E-state index contributed by atoms with van der Waals surface area (Å²) in [4.78, 5) is 40.5.